The number of rotatable bonds is 5. The Morgan fingerprint density at radius 1 is 1.52 bits per heavy atom. The van der Waals surface area contributed by atoms with E-state index in [2.05, 4.69) is 0 Å². The van der Waals surface area contributed by atoms with Crippen molar-refractivity contribution in [1.29, 1.82) is 5.26 Å². The summed E-state index contributed by atoms with van der Waals surface area (Å²) in [6, 6.07) is 7.99. The van der Waals surface area contributed by atoms with Gasteiger partial charge in [0.2, 0.25) is 0 Å². The van der Waals surface area contributed by atoms with Crippen LogP contribution >= 0.6 is 18.9 Å². The fourth-order valence-electron chi connectivity index (χ4n) is 1.93. The van der Waals surface area contributed by atoms with E-state index in [4.69, 9.17) is 14.9 Å². The molecule has 8 heteroatoms. The summed E-state index contributed by atoms with van der Waals surface area (Å²) < 4.78 is 17.5. The van der Waals surface area contributed by atoms with Crippen LogP contribution < -0.4 is 0 Å². The number of carboxylic acid groups (broad SMARTS) is 1. The molecule has 2 unspecified atom stereocenters. The Balaban J connectivity index is 2.48. The van der Waals surface area contributed by atoms with Crippen LogP contribution in [0.25, 0.3) is 10.1 Å². The molecule has 2 rings (SSSR count). The number of aromatic carboxylic acids is 1. The van der Waals surface area contributed by atoms with E-state index < -0.39 is 19.2 Å². The van der Waals surface area contributed by atoms with Crippen molar-refractivity contribution in [2.75, 3.05) is 6.61 Å². The van der Waals surface area contributed by atoms with Crippen molar-refractivity contribution in [2.45, 2.75) is 12.6 Å². The Hall–Kier alpha value is -1.71. The van der Waals surface area contributed by atoms with E-state index >= 15 is 0 Å². The number of hydrogen-bond donors (Lipinski definition) is 2. The van der Waals surface area contributed by atoms with Gasteiger partial charge in [-0.25, -0.2) is 4.79 Å². The highest BCUT2D eigenvalue weighted by Crippen LogP contribution is 2.56. The predicted octanol–water partition coefficient (Wildman–Crippen LogP) is 3.39. The van der Waals surface area contributed by atoms with Gasteiger partial charge in [0.25, 0.3) is 0 Å². The third kappa shape index (κ3) is 3.14. The van der Waals surface area contributed by atoms with Gasteiger partial charge >= 0.3 is 13.6 Å². The van der Waals surface area contributed by atoms with Crippen molar-refractivity contribution in [3.05, 3.63) is 34.7 Å². The summed E-state index contributed by atoms with van der Waals surface area (Å²) in [6.07, 6.45) is 0. The van der Waals surface area contributed by atoms with Gasteiger partial charge in [-0.05, 0) is 36.1 Å². The molecule has 0 fully saturated rings. The molecule has 0 aliphatic carbocycles. The van der Waals surface area contributed by atoms with Gasteiger partial charge in [0.05, 0.1) is 12.7 Å². The molecular formula is C13H12NO5PS. The molecule has 110 valence electrons. The Kier molecular flexibility index (Phi) is 4.45. The van der Waals surface area contributed by atoms with E-state index in [1.807, 2.05) is 0 Å². The van der Waals surface area contributed by atoms with Crippen molar-refractivity contribution in [1.82, 2.24) is 0 Å². The topological polar surface area (TPSA) is 108 Å². The molecule has 0 saturated carbocycles. The number of thiophene rings is 1. The minimum absolute atomic E-state index is 0.0236. The SMILES string of the molecule is CCOP(=O)(O)C(C#N)c1ccc2sc(C(=O)O)cc2c1. The van der Waals surface area contributed by atoms with Gasteiger partial charge in [-0.3, -0.25) is 4.57 Å². The van der Waals surface area contributed by atoms with Crippen LogP contribution in [0.5, 0.6) is 0 Å². The van der Waals surface area contributed by atoms with Gasteiger partial charge < -0.3 is 14.5 Å². The highest BCUT2D eigenvalue weighted by Gasteiger charge is 2.34. The molecule has 6 nitrogen and oxygen atoms in total. The first-order valence-corrected chi connectivity index (χ1v) is 8.48. The maximum Gasteiger partial charge on any atom is 0.349 e. The highest BCUT2D eigenvalue weighted by atomic mass is 32.1. The predicted molar refractivity (Wildman–Crippen MR) is 78.6 cm³/mol. The first-order valence-electron chi connectivity index (χ1n) is 6.02. The van der Waals surface area contributed by atoms with Crippen LogP contribution in [0.3, 0.4) is 0 Å². The number of carboxylic acids is 1. The van der Waals surface area contributed by atoms with Crippen LogP contribution in [0, 0.1) is 11.3 Å². The van der Waals surface area contributed by atoms with E-state index in [1.165, 1.54) is 6.07 Å². The normalized spacial score (nSPS) is 15.3. The molecule has 0 aliphatic rings. The van der Waals surface area contributed by atoms with Gasteiger partial charge in [-0.1, -0.05) is 6.07 Å². The molecule has 0 radical (unpaired) electrons. The number of nitrogens with zero attached hydrogens (tertiary/aromatic N) is 1. The first-order chi connectivity index (χ1) is 9.89. The quantitative estimate of drug-likeness (QED) is 0.816. The molecule has 2 atom stereocenters. The van der Waals surface area contributed by atoms with Crippen LogP contribution in [0.2, 0.25) is 0 Å². The van der Waals surface area contributed by atoms with Crippen molar-refractivity contribution in [2.24, 2.45) is 0 Å². The van der Waals surface area contributed by atoms with Crippen LogP contribution in [0.15, 0.2) is 24.3 Å². The van der Waals surface area contributed by atoms with Gasteiger partial charge in [0, 0.05) is 4.70 Å². The van der Waals surface area contributed by atoms with Crippen LogP contribution in [-0.4, -0.2) is 22.6 Å². The zero-order valence-electron chi connectivity index (χ0n) is 11.0. The second-order valence-corrected chi connectivity index (χ2v) is 7.21. The van der Waals surface area contributed by atoms with E-state index in [-0.39, 0.29) is 11.5 Å². The Bertz CT molecular complexity index is 778. The average Bonchev–Trinajstić information content (AvgIpc) is 2.82. The van der Waals surface area contributed by atoms with E-state index in [9.17, 15) is 14.3 Å². The monoisotopic (exact) mass is 325 g/mol. The lowest BCUT2D eigenvalue weighted by Gasteiger charge is -2.16. The summed E-state index contributed by atoms with van der Waals surface area (Å²) in [5, 5.41) is 18.7. The molecule has 1 aromatic carbocycles. The van der Waals surface area contributed by atoms with Crippen LogP contribution in [0.1, 0.15) is 27.8 Å². The molecule has 0 aliphatic heterocycles. The molecule has 2 N–H and O–H groups in total. The largest absolute Gasteiger partial charge is 0.477 e. The molecule has 1 aromatic heterocycles. The molecule has 1 heterocycles. The van der Waals surface area contributed by atoms with Gasteiger partial charge in [0.1, 0.15) is 4.88 Å². The molecule has 0 saturated heterocycles. The number of fused-ring (bicyclic) bond motifs is 1. The smallest absolute Gasteiger partial charge is 0.349 e. The Morgan fingerprint density at radius 2 is 2.24 bits per heavy atom. The Morgan fingerprint density at radius 3 is 2.81 bits per heavy atom. The molecule has 2 aromatic rings. The maximum absolute atomic E-state index is 12.0. The third-order valence-corrected chi connectivity index (χ3v) is 5.63. The zero-order chi connectivity index (χ0) is 15.6. The van der Waals surface area contributed by atoms with Crippen LogP contribution in [0.4, 0.5) is 0 Å². The molecule has 0 spiro atoms. The Labute approximate surface area is 124 Å². The summed E-state index contributed by atoms with van der Waals surface area (Å²) in [6.45, 7) is 1.59. The number of carbonyl (C=O) groups is 1. The van der Waals surface area contributed by atoms with Crippen LogP contribution in [-0.2, 0) is 9.09 Å². The standard InChI is InChI=1S/C13H12NO5PS/c1-2-19-20(17,18)10(7-14)8-3-4-11-9(5-8)6-12(21-11)13(15)16/h3-6,10H,2H2,1H3,(H,15,16)(H,17,18). The summed E-state index contributed by atoms with van der Waals surface area (Å²) in [5.74, 6) is -1.03. The van der Waals surface area contributed by atoms with E-state index in [0.29, 0.717) is 10.9 Å². The number of hydrogen-bond acceptors (Lipinski definition) is 5. The summed E-state index contributed by atoms with van der Waals surface area (Å²) >= 11 is 1.11. The molecule has 0 bridgehead atoms. The lowest BCUT2D eigenvalue weighted by molar-refractivity contribution is 0.0702. The minimum atomic E-state index is -4.09. The van der Waals surface area contributed by atoms with Crippen molar-refractivity contribution in [3.8, 4) is 6.07 Å². The second kappa shape index (κ2) is 5.96. The summed E-state index contributed by atoms with van der Waals surface area (Å²) in [4.78, 5) is 20.9. The van der Waals surface area contributed by atoms with Gasteiger partial charge in [-0.2, -0.15) is 5.26 Å². The summed E-state index contributed by atoms with van der Waals surface area (Å²) in [5.41, 5.74) is -0.964. The molecule has 0 amide bonds. The highest BCUT2D eigenvalue weighted by molar-refractivity contribution is 7.53. The van der Waals surface area contributed by atoms with Gasteiger partial charge in [0.15, 0.2) is 5.66 Å². The first kappa shape index (κ1) is 15.7. The summed E-state index contributed by atoms with van der Waals surface area (Å²) in [7, 11) is -4.09. The fourth-order valence-corrected chi connectivity index (χ4v) is 4.02. The van der Waals surface area contributed by atoms with Crippen molar-refractivity contribution >= 4 is 35.0 Å². The third-order valence-electron chi connectivity index (χ3n) is 2.83. The lowest BCUT2D eigenvalue weighted by atomic mass is 10.1. The van der Waals surface area contributed by atoms with E-state index in [0.717, 1.165) is 16.0 Å². The minimum Gasteiger partial charge on any atom is -0.477 e. The molecular weight excluding hydrogens is 313 g/mol. The number of nitriles is 1. The zero-order valence-corrected chi connectivity index (χ0v) is 12.7. The molecule has 21 heavy (non-hydrogen) atoms. The maximum atomic E-state index is 12.0. The average molecular weight is 325 g/mol. The lowest BCUT2D eigenvalue weighted by Crippen LogP contribution is -2.01. The van der Waals surface area contributed by atoms with Crippen molar-refractivity contribution < 1.29 is 23.9 Å². The van der Waals surface area contributed by atoms with Gasteiger partial charge in [-0.15, -0.1) is 11.3 Å². The van der Waals surface area contributed by atoms with E-state index in [1.54, 1.807) is 31.2 Å². The fraction of sp³-hybridized carbons (Fsp3) is 0.231. The van der Waals surface area contributed by atoms with Crippen molar-refractivity contribution in [3.63, 3.8) is 0 Å². The number of benzene rings is 1. The second-order valence-electron chi connectivity index (χ2n) is 4.23.